The second kappa shape index (κ2) is 5.89. The highest BCUT2D eigenvalue weighted by molar-refractivity contribution is 5.28. The molecule has 0 radical (unpaired) electrons. The Hall–Kier alpha value is -0.860. The number of rotatable bonds is 5. The van der Waals surface area contributed by atoms with Crippen molar-refractivity contribution in [1.29, 1.82) is 0 Å². The number of nitrogens with one attached hydrogen (secondary N) is 1. The van der Waals surface area contributed by atoms with Gasteiger partial charge in [0, 0.05) is 19.2 Å². The van der Waals surface area contributed by atoms with Crippen molar-refractivity contribution in [3.8, 4) is 0 Å². The van der Waals surface area contributed by atoms with E-state index in [0.29, 0.717) is 12.1 Å². The lowest BCUT2D eigenvalue weighted by atomic mass is 10.0. The van der Waals surface area contributed by atoms with Gasteiger partial charge in [0.2, 0.25) is 0 Å². The average Bonchev–Trinajstić information content (AvgIpc) is 2.18. The summed E-state index contributed by atoms with van der Waals surface area (Å²) in [5.41, 5.74) is 2.70. The molecule has 0 unspecified atom stereocenters. The monoisotopic (exact) mass is 207 g/mol. The third kappa shape index (κ3) is 3.65. The van der Waals surface area contributed by atoms with Crippen LogP contribution in [0.15, 0.2) is 24.3 Å². The standard InChI is InChI=1S/C13H21NO/c1-10-7-5-6-8-13(10)12(3)14-11(2)9-15-4/h5-8,11-12,14H,9H2,1-4H3/t11-,12+/m0/s1. The minimum absolute atomic E-state index is 0.372. The van der Waals surface area contributed by atoms with Gasteiger partial charge >= 0.3 is 0 Å². The van der Waals surface area contributed by atoms with Crippen LogP contribution in [-0.2, 0) is 4.74 Å². The SMILES string of the molecule is COC[C@H](C)N[C@H](C)c1ccccc1C. The molecule has 2 atom stereocenters. The molecule has 1 aromatic rings. The fraction of sp³-hybridized carbons (Fsp3) is 0.538. The van der Waals surface area contributed by atoms with E-state index >= 15 is 0 Å². The molecule has 0 aliphatic rings. The van der Waals surface area contributed by atoms with Gasteiger partial charge in [-0.05, 0) is 31.9 Å². The maximum Gasteiger partial charge on any atom is 0.0613 e. The van der Waals surface area contributed by atoms with Crippen LogP contribution in [-0.4, -0.2) is 19.8 Å². The minimum atomic E-state index is 0.372. The predicted molar refractivity (Wildman–Crippen MR) is 64.1 cm³/mol. The van der Waals surface area contributed by atoms with Gasteiger partial charge in [-0.15, -0.1) is 0 Å². The van der Waals surface area contributed by atoms with E-state index in [1.165, 1.54) is 11.1 Å². The molecule has 1 rings (SSSR count). The van der Waals surface area contributed by atoms with Crippen LogP contribution >= 0.6 is 0 Å². The first kappa shape index (κ1) is 12.2. The molecule has 0 aromatic heterocycles. The van der Waals surface area contributed by atoms with Crippen molar-refractivity contribution in [1.82, 2.24) is 5.32 Å². The van der Waals surface area contributed by atoms with Crippen molar-refractivity contribution in [2.45, 2.75) is 32.9 Å². The molecule has 0 heterocycles. The first-order valence-electron chi connectivity index (χ1n) is 5.45. The zero-order valence-electron chi connectivity index (χ0n) is 10.1. The van der Waals surface area contributed by atoms with Crippen LogP contribution in [0.1, 0.15) is 31.0 Å². The molecule has 0 spiro atoms. The molecule has 84 valence electrons. The van der Waals surface area contributed by atoms with Gasteiger partial charge in [-0.1, -0.05) is 24.3 Å². The Balaban J connectivity index is 2.61. The van der Waals surface area contributed by atoms with Crippen LogP contribution < -0.4 is 5.32 Å². The summed E-state index contributed by atoms with van der Waals surface area (Å²) in [6, 6.07) is 9.23. The lowest BCUT2D eigenvalue weighted by molar-refractivity contribution is 0.167. The fourth-order valence-corrected chi connectivity index (χ4v) is 1.89. The summed E-state index contributed by atoms with van der Waals surface area (Å²) in [4.78, 5) is 0. The molecule has 0 aliphatic heterocycles. The summed E-state index contributed by atoms with van der Waals surface area (Å²) in [5.74, 6) is 0. The normalized spacial score (nSPS) is 14.9. The van der Waals surface area contributed by atoms with E-state index in [0.717, 1.165) is 6.61 Å². The van der Waals surface area contributed by atoms with Crippen LogP contribution in [0.4, 0.5) is 0 Å². The van der Waals surface area contributed by atoms with Gasteiger partial charge in [0.1, 0.15) is 0 Å². The number of benzene rings is 1. The topological polar surface area (TPSA) is 21.3 Å². The van der Waals surface area contributed by atoms with E-state index in [4.69, 9.17) is 4.74 Å². The Kier molecular flexibility index (Phi) is 4.79. The Morgan fingerprint density at radius 1 is 1.27 bits per heavy atom. The molecule has 1 N–H and O–H groups in total. The fourth-order valence-electron chi connectivity index (χ4n) is 1.89. The molecule has 0 amide bonds. The Bertz CT molecular complexity index is 298. The average molecular weight is 207 g/mol. The lowest BCUT2D eigenvalue weighted by Gasteiger charge is -2.21. The van der Waals surface area contributed by atoms with Gasteiger partial charge in [0.25, 0.3) is 0 Å². The largest absolute Gasteiger partial charge is 0.383 e. The zero-order chi connectivity index (χ0) is 11.3. The van der Waals surface area contributed by atoms with Crippen molar-refractivity contribution in [2.24, 2.45) is 0 Å². The molecule has 0 saturated carbocycles. The first-order valence-corrected chi connectivity index (χ1v) is 5.45. The number of hydrogen-bond acceptors (Lipinski definition) is 2. The van der Waals surface area contributed by atoms with Gasteiger partial charge < -0.3 is 10.1 Å². The first-order chi connectivity index (χ1) is 7.15. The third-order valence-corrected chi connectivity index (χ3v) is 2.61. The molecular weight excluding hydrogens is 186 g/mol. The van der Waals surface area contributed by atoms with Gasteiger partial charge in [0.05, 0.1) is 6.61 Å². The number of ether oxygens (including phenoxy) is 1. The van der Waals surface area contributed by atoms with E-state index in [9.17, 15) is 0 Å². The number of hydrogen-bond donors (Lipinski definition) is 1. The van der Waals surface area contributed by atoms with Gasteiger partial charge in [0.15, 0.2) is 0 Å². The van der Waals surface area contributed by atoms with Crippen molar-refractivity contribution in [2.75, 3.05) is 13.7 Å². The molecule has 0 bridgehead atoms. The van der Waals surface area contributed by atoms with Crippen LogP contribution in [0, 0.1) is 6.92 Å². The zero-order valence-corrected chi connectivity index (χ0v) is 10.1. The van der Waals surface area contributed by atoms with E-state index in [2.05, 4.69) is 50.4 Å². The second-order valence-corrected chi connectivity index (χ2v) is 4.10. The molecule has 2 nitrogen and oxygen atoms in total. The molecule has 1 aromatic carbocycles. The highest BCUT2D eigenvalue weighted by Gasteiger charge is 2.10. The van der Waals surface area contributed by atoms with Gasteiger partial charge in [-0.3, -0.25) is 0 Å². The molecule has 0 fully saturated rings. The van der Waals surface area contributed by atoms with E-state index in [-0.39, 0.29) is 0 Å². The molecular formula is C13H21NO. The molecule has 15 heavy (non-hydrogen) atoms. The van der Waals surface area contributed by atoms with Gasteiger partial charge in [-0.25, -0.2) is 0 Å². The molecule has 0 aliphatic carbocycles. The third-order valence-electron chi connectivity index (χ3n) is 2.61. The summed E-state index contributed by atoms with van der Waals surface area (Å²) in [7, 11) is 1.73. The van der Waals surface area contributed by atoms with Gasteiger partial charge in [-0.2, -0.15) is 0 Å². The lowest BCUT2D eigenvalue weighted by Crippen LogP contribution is -2.32. The Labute approximate surface area is 92.6 Å². The van der Waals surface area contributed by atoms with Crippen LogP contribution in [0.3, 0.4) is 0 Å². The Morgan fingerprint density at radius 3 is 2.53 bits per heavy atom. The number of methoxy groups -OCH3 is 1. The van der Waals surface area contributed by atoms with Crippen molar-refractivity contribution >= 4 is 0 Å². The summed E-state index contributed by atoms with van der Waals surface area (Å²) < 4.78 is 5.11. The molecule has 2 heteroatoms. The van der Waals surface area contributed by atoms with E-state index in [1.807, 2.05) is 0 Å². The van der Waals surface area contributed by atoms with Crippen LogP contribution in [0.2, 0.25) is 0 Å². The summed E-state index contributed by atoms with van der Waals surface area (Å²) in [6.45, 7) is 7.22. The Morgan fingerprint density at radius 2 is 1.93 bits per heavy atom. The minimum Gasteiger partial charge on any atom is -0.383 e. The smallest absolute Gasteiger partial charge is 0.0613 e. The predicted octanol–water partition coefficient (Wildman–Crippen LogP) is 2.68. The van der Waals surface area contributed by atoms with E-state index < -0.39 is 0 Å². The maximum atomic E-state index is 5.11. The van der Waals surface area contributed by atoms with Crippen LogP contribution in [0.5, 0.6) is 0 Å². The summed E-state index contributed by atoms with van der Waals surface area (Å²) in [5, 5.41) is 3.51. The highest BCUT2D eigenvalue weighted by atomic mass is 16.5. The quantitative estimate of drug-likeness (QED) is 0.801. The molecule has 0 saturated heterocycles. The van der Waals surface area contributed by atoms with Crippen molar-refractivity contribution in [3.05, 3.63) is 35.4 Å². The number of aryl methyl sites for hydroxylation is 1. The second-order valence-electron chi connectivity index (χ2n) is 4.10. The van der Waals surface area contributed by atoms with Crippen LogP contribution in [0.25, 0.3) is 0 Å². The summed E-state index contributed by atoms with van der Waals surface area (Å²) in [6.07, 6.45) is 0. The van der Waals surface area contributed by atoms with E-state index in [1.54, 1.807) is 7.11 Å². The summed E-state index contributed by atoms with van der Waals surface area (Å²) >= 11 is 0. The van der Waals surface area contributed by atoms with Crippen molar-refractivity contribution < 1.29 is 4.74 Å². The maximum absolute atomic E-state index is 5.11. The van der Waals surface area contributed by atoms with Crippen molar-refractivity contribution in [3.63, 3.8) is 0 Å². The highest BCUT2D eigenvalue weighted by Crippen LogP contribution is 2.16.